The van der Waals surface area contributed by atoms with Crippen LogP contribution >= 0.6 is 0 Å². The molecule has 128 valence electrons. The lowest BCUT2D eigenvalue weighted by Crippen LogP contribution is -2.35. The van der Waals surface area contributed by atoms with Crippen molar-refractivity contribution in [2.45, 2.75) is 52.2 Å². The van der Waals surface area contributed by atoms with Gasteiger partial charge in [0, 0.05) is 43.3 Å². The lowest BCUT2D eigenvalue weighted by atomic mass is 10.0. The van der Waals surface area contributed by atoms with E-state index < -0.39 is 5.79 Å². The number of pyridine rings is 1. The van der Waals surface area contributed by atoms with Crippen molar-refractivity contribution in [3.05, 3.63) is 59.2 Å². The van der Waals surface area contributed by atoms with Gasteiger partial charge in [-0.25, -0.2) is 4.39 Å². The maximum Gasteiger partial charge on any atom is 0.205 e. The summed E-state index contributed by atoms with van der Waals surface area (Å²) in [5.41, 5.74) is 2.76. The highest BCUT2D eigenvalue weighted by molar-refractivity contribution is 5.39. The van der Waals surface area contributed by atoms with E-state index in [9.17, 15) is 4.39 Å². The number of hydrogen-bond donors (Lipinski definition) is 1. The third kappa shape index (κ3) is 3.57. The molecule has 1 aromatic heterocycles. The van der Waals surface area contributed by atoms with E-state index in [1.165, 1.54) is 6.20 Å². The number of nitrogens with one attached hydrogen (secondary N) is 1. The predicted molar refractivity (Wildman–Crippen MR) is 90.1 cm³/mol. The fourth-order valence-corrected chi connectivity index (χ4v) is 2.93. The molecule has 2 aromatic rings. The van der Waals surface area contributed by atoms with Crippen LogP contribution in [-0.2, 0) is 11.3 Å². The molecular weight excluding hydrogens is 307 g/mol. The van der Waals surface area contributed by atoms with Gasteiger partial charge in [0.05, 0.1) is 12.8 Å². The van der Waals surface area contributed by atoms with Crippen molar-refractivity contribution in [2.24, 2.45) is 0 Å². The van der Waals surface area contributed by atoms with Crippen molar-refractivity contribution in [1.29, 1.82) is 0 Å². The van der Waals surface area contributed by atoms with Gasteiger partial charge in [-0.2, -0.15) is 0 Å². The first kappa shape index (κ1) is 16.9. The molecule has 2 heterocycles. The number of hydrogen-bond acceptors (Lipinski definition) is 4. The minimum absolute atomic E-state index is 0.0628. The highest BCUT2D eigenvalue weighted by atomic mass is 19.1. The SMILES string of the molecule is C[C@@H](N[C@H](C)c1ccncc1F)c1ccc2c(c1)COC(C)(C)O2. The van der Waals surface area contributed by atoms with E-state index in [4.69, 9.17) is 9.47 Å². The zero-order valence-electron chi connectivity index (χ0n) is 14.5. The van der Waals surface area contributed by atoms with Gasteiger partial charge in [0.25, 0.3) is 0 Å². The van der Waals surface area contributed by atoms with Gasteiger partial charge in [-0.05, 0) is 37.6 Å². The zero-order chi connectivity index (χ0) is 17.3. The molecule has 0 amide bonds. The summed E-state index contributed by atoms with van der Waals surface area (Å²) >= 11 is 0. The average molecular weight is 330 g/mol. The van der Waals surface area contributed by atoms with Crippen LogP contribution < -0.4 is 10.1 Å². The molecule has 0 unspecified atom stereocenters. The summed E-state index contributed by atoms with van der Waals surface area (Å²) in [5.74, 6) is -0.0271. The van der Waals surface area contributed by atoms with Crippen LogP contribution in [0.25, 0.3) is 0 Å². The Morgan fingerprint density at radius 1 is 1.21 bits per heavy atom. The van der Waals surface area contributed by atoms with Crippen LogP contribution in [0.5, 0.6) is 5.75 Å². The normalized spacial score (nSPS) is 18.4. The van der Waals surface area contributed by atoms with Crippen LogP contribution in [-0.4, -0.2) is 10.8 Å². The van der Waals surface area contributed by atoms with Crippen LogP contribution in [0.2, 0.25) is 0 Å². The lowest BCUT2D eigenvalue weighted by molar-refractivity contribution is -0.180. The minimum Gasteiger partial charge on any atom is -0.463 e. The number of fused-ring (bicyclic) bond motifs is 1. The van der Waals surface area contributed by atoms with Gasteiger partial charge in [-0.1, -0.05) is 6.07 Å². The fourth-order valence-electron chi connectivity index (χ4n) is 2.93. The molecule has 0 saturated heterocycles. The van der Waals surface area contributed by atoms with E-state index in [-0.39, 0.29) is 17.9 Å². The summed E-state index contributed by atoms with van der Waals surface area (Å²) in [7, 11) is 0. The third-order valence-electron chi connectivity index (χ3n) is 4.29. The quantitative estimate of drug-likeness (QED) is 0.909. The summed E-state index contributed by atoms with van der Waals surface area (Å²) in [6.45, 7) is 8.34. The molecule has 2 atom stereocenters. The molecule has 1 aliphatic heterocycles. The van der Waals surface area contributed by atoms with Gasteiger partial charge in [-0.15, -0.1) is 0 Å². The Balaban J connectivity index is 1.74. The molecule has 0 saturated carbocycles. The number of aromatic nitrogens is 1. The number of benzene rings is 1. The highest BCUT2D eigenvalue weighted by Gasteiger charge is 2.27. The number of ether oxygens (including phenoxy) is 2. The van der Waals surface area contributed by atoms with Crippen molar-refractivity contribution >= 4 is 0 Å². The average Bonchev–Trinajstić information content (AvgIpc) is 2.53. The van der Waals surface area contributed by atoms with Crippen LogP contribution in [0.15, 0.2) is 36.7 Å². The largest absolute Gasteiger partial charge is 0.463 e. The second-order valence-electron chi connectivity index (χ2n) is 6.66. The third-order valence-corrected chi connectivity index (χ3v) is 4.29. The van der Waals surface area contributed by atoms with Crippen LogP contribution in [0.3, 0.4) is 0 Å². The van der Waals surface area contributed by atoms with E-state index in [1.807, 2.05) is 32.9 Å². The summed E-state index contributed by atoms with van der Waals surface area (Å²) < 4.78 is 25.4. The molecular formula is C19H23FN2O2. The van der Waals surface area contributed by atoms with Crippen molar-refractivity contribution in [1.82, 2.24) is 10.3 Å². The Kier molecular flexibility index (Phi) is 4.56. The van der Waals surface area contributed by atoms with Crippen molar-refractivity contribution in [3.63, 3.8) is 0 Å². The smallest absolute Gasteiger partial charge is 0.205 e. The van der Waals surface area contributed by atoms with Gasteiger partial charge in [0.2, 0.25) is 5.79 Å². The van der Waals surface area contributed by atoms with Crippen molar-refractivity contribution in [3.8, 4) is 5.75 Å². The Labute approximate surface area is 142 Å². The molecule has 1 N–H and O–H groups in total. The Hall–Kier alpha value is -1.98. The molecule has 5 heteroatoms. The molecule has 4 nitrogen and oxygen atoms in total. The Bertz CT molecular complexity index is 733. The standard InChI is InChI=1S/C19H23FN2O2/c1-12(22-13(2)16-7-8-21-10-17(16)20)14-5-6-18-15(9-14)11-23-19(3,4)24-18/h5-10,12-13,22H,11H2,1-4H3/t12-,13-/m1/s1. The second kappa shape index (κ2) is 6.49. The summed E-state index contributed by atoms with van der Waals surface area (Å²) in [4.78, 5) is 3.79. The molecule has 0 fully saturated rings. The first-order valence-corrected chi connectivity index (χ1v) is 8.17. The first-order chi connectivity index (χ1) is 11.4. The molecule has 3 rings (SSSR count). The maximum atomic E-state index is 13.9. The van der Waals surface area contributed by atoms with Crippen LogP contribution in [0.4, 0.5) is 4.39 Å². The van der Waals surface area contributed by atoms with E-state index in [0.29, 0.717) is 12.2 Å². The van der Waals surface area contributed by atoms with Crippen LogP contribution in [0, 0.1) is 5.82 Å². The topological polar surface area (TPSA) is 43.4 Å². The van der Waals surface area contributed by atoms with E-state index >= 15 is 0 Å². The molecule has 0 radical (unpaired) electrons. The zero-order valence-corrected chi connectivity index (χ0v) is 14.5. The molecule has 24 heavy (non-hydrogen) atoms. The van der Waals surface area contributed by atoms with Gasteiger partial charge in [0.1, 0.15) is 11.6 Å². The fraction of sp³-hybridized carbons (Fsp3) is 0.421. The summed E-state index contributed by atoms with van der Waals surface area (Å²) in [5, 5.41) is 3.43. The number of nitrogens with zero attached hydrogens (tertiary/aromatic N) is 1. The van der Waals surface area contributed by atoms with Crippen molar-refractivity contribution < 1.29 is 13.9 Å². The monoisotopic (exact) mass is 330 g/mol. The van der Waals surface area contributed by atoms with Crippen LogP contribution in [0.1, 0.15) is 56.5 Å². The summed E-state index contributed by atoms with van der Waals surface area (Å²) in [6, 6.07) is 7.74. The van der Waals surface area contributed by atoms with E-state index in [2.05, 4.69) is 23.3 Å². The van der Waals surface area contributed by atoms with Gasteiger partial charge >= 0.3 is 0 Å². The van der Waals surface area contributed by atoms with E-state index in [0.717, 1.165) is 16.9 Å². The molecule has 0 spiro atoms. The van der Waals surface area contributed by atoms with Gasteiger partial charge < -0.3 is 14.8 Å². The Morgan fingerprint density at radius 3 is 2.75 bits per heavy atom. The van der Waals surface area contributed by atoms with Gasteiger partial charge in [0.15, 0.2) is 0 Å². The minimum atomic E-state index is -0.591. The number of rotatable bonds is 4. The van der Waals surface area contributed by atoms with Gasteiger partial charge in [-0.3, -0.25) is 4.98 Å². The summed E-state index contributed by atoms with van der Waals surface area (Å²) in [6.07, 6.45) is 2.85. The predicted octanol–water partition coefficient (Wildman–Crippen LogP) is 4.28. The highest BCUT2D eigenvalue weighted by Crippen LogP contribution is 2.33. The first-order valence-electron chi connectivity index (χ1n) is 8.17. The van der Waals surface area contributed by atoms with Crippen molar-refractivity contribution in [2.75, 3.05) is 0 Å². The number of halogens is 1. The lowest BCUT2D eigenvalue weighted by Gasteiger charge is -2.33. The molecule has 1 aromatic carbocycles. The Morgan fingerprint density at radius 2 is 2.00 bits per heavy atom. The second-order valence-corrected chi connectivity index (χ2v) is 6.66. The molecule has 0 bridgehead atoms. The van der Waals surface area contributed by atoms with E-state index in [1.54, 1.807) is 12.3 Å². The molecule has 0 aliphatic carbocycles. The maximum absolute atomic E-state index is 13.9. The molecule has 1 aliphatic rings.